The summed E-state index contributed by atoms with van der Waals surface area (Å²) in [6.07, 6.45) is 4.81. The van der Waals surface area contributed by atoms with E-state index in [4.69, 9.17) is 0 Å². The Morgan fingerprint density at radius 2 is 1.96 bits per heavy atom. The molecule has 27 heavy (non-hydrogen) atoms. The number of hydrogen-bond acceptors (Lipinski definition) is 4. The van der Waals surface area contributed by atoms with Crippen molar-refractivity contribution >= 4 is 17.4 Å². The molecule has 0 unspecified atom stereocenters. The van der Waals surface area contributed by atoms with E-state index in [1.54, 1.807) is 0 Å². The minimum atomic E-state index is 0.123. The van der Waals surface area contributed by atoms with Crippen LogP contribution in [0.1, 0.15) is 24.0 Å². The van der Waals surface area contributed by atoms with Gasteiger partial charge in [-0.2, -0.15) is 0 Å². The van der Waals surface area contributed by atoms with E-state index in [0.717, 1.165) is 51.3 Å². The van der Waals surface area contributed by atoms with Gasteiger partial charge in [-0.15, -0.1) is 0 Å². The third-order valence-electron chi connectivity index (χ3n) is 5.75. The van der Waals surface area contributed by atoms with Crippen molar-refractivity contribution in [2.75, 3.05) is 42.5 Å². The molecule has 0 aliphatic carbocycles. The number of nitrogens with one attached hydrogen (secondary N) is 1. The highest BCUT2D eigenvalue weighted by atomic mass is 16.1. The Morgan fingerprint density at radius 3 is 2.74 bits per heavy atom. The van der Waals surface area contributed by atoms with Gasteiger partial charge in [0.2, 0.25) is 5.91 Å². The lowest BCUT2D eigenvalue weighted by molar-refractivity contribution is -0.125. The van der Waals surface area contributed by atoms with Crippen LogP contribution in [-0.2, 0) is 11.2 Å². The second-order valence-corrected chi connectivity index (χ2v) is 7.61. The predicted octanol–water partition coefficient (Wildman–Crippen LogP) is 2.79. The first-order chi connectivity index (χ1) is 13.2. The maximum absolute atomic E-state index is 12.5. The molecule has 2 aromatic rings. The van der Waals surface area contributed by atoms with Crippen LogP contribution in [0, 0.1) is 12.8 Å². The summed E-state index contributed by atoms with van der Waals surface area (Å²) in [5.41, 5.74) is 3.92. The van der Waals surface area contributed by atoms with Crippen LogP contribution >= 0.6 is 0 Å². The first kappa shape index (κ1) is 17.8. The summed E-state index contributed by atoms with van der Waals surface area (Å²) >= 11 is 0. The summed E-state index contributed by atoms with van der Waals surface area (Å²) in [5, 5.41) is 3.16. The smallest absolute Gasteiger partial charge is 0.223 e. The van der Waals surface area contributed by atoms with Crippen LogP contribution < -0.4 is 15.1 Å². The Balaban J connectivity index is 1.22. The van der Waals surface area contributed by atoms with Gasteiger partial charge in [-0.05, 0) is 49.4 Å². The zero-order valence-electron chi connectivity index (χ0n) is 16.0. The van der Waals surface area contributed by atoms with E-state index in [1.165, 1.54) is 16.8 Å². The topological polar surface area (TPSA) is 48.5 Å². The van der Waals surface area contributed by atoms with Crippen LogP contribution in [0.25, 0.3) is 0 Å². The Labute approximate surface area is 161 Å². The fourth-order valence-corrected chi connectivity index (χ4v) is 4.12. The number of benzene rings is 1. The number of carbonyl (C=O) groups excluding carboxylic acids is 1. The lowest BCUT2D eigenvalue weighted by atomic mass is 9.96. The standard InChI is InChI=1S/C22H28N4O/c1-17-6-7-21(24-16-17)26-13-9-19(10-14-26)22(27)23-11-15-25-12-8-18-4-2-3-5-20(18)25/h2-7,16,19H,8-15H2,1H3,(H,23,27). The van der Waals surface area contributed by atoms with Crippen molar-refractivity contribution in [2.45, 2.75) is 26.2 Å². The summed E-state index contributed by atoms with van der Waals surface area (Å²) in [4.78, 5) is 21.7. The van der Waals surface area contributed by atoms with Crippen LogP contribution in [0.2, 0.25) is 0 Å². The monoisotopic (exact) mass is 364 g/mol. The van der Waals surface area contributed by atoms with Gasteiger partial charge < -0.3 is 15.1 Å². The number of rotatable bonds is 5. The minimum Gasteiger partial charge on any atom is -0.369 e. The van der Waals surface area contributed by atoms with Gasteiger partial charge in [0, 0.05) is 50.5 Å². The molecule has 0 atom stereocenters. The Morgan fingerprint density at radius 1 is 1.15 bits per heavy atom. The largest absolute Gasteiger partial charge is 0.369 e. The average molecular weight is 364 g/mol. The van der Waals surface area contributed by atoms with Crippen molar-refractivity contribution in [3.05, 3.63) is 53.7 Å². The molecule has 3 heterocycles. The number of carbonyl (C=O) groups is 1. The van der Waals surface area contributed by atoms with Crippen molar-refractivity contribution in [3.63, 3.8) is 0 Å². The highest BCUT2D eigenvalue weighted by Gasteiger charge is 2.25. The summed E-state index contributed by atoms with van der Waals surface area (Å²) < 4.78 is 0. The summed E-state index contributed by atoms with van der Waals surface area (Å²) in [6.45, 7) is 6.49. The van der Waals surface area contributed by atoms with E-state index in [1.807, 2.05) is 13.1 Å². The number of para-hydroxylation sites is 1. The predicted molar refractivity (Wildman–Crippen MR) is 109 cm³/mol. The van der Waals surface area contributed by atoms with Crippen LogP contribution in [-0.4, -0.2) is 43.6 Å². The zero-order chi connectivity index (χ0) is 18.6. The zero-order valence-corrected chi connectivity index (χ0v) is 16.0. The Hall–Kier alpha value is -2.56. The second kappa shape index (κ2) is 7.99. The maximum atomic E-state index is 12.5. The lowest BCUT2D eigenvalue weighted by Crippen LogP contribution is -2.42. The van der Waals surface area contributed by atoms with E-state index in [-0.39, 0.29) is 11.8 Å². The quantitative estimate of drug-likeness (QED) is 0.886. The number of nitrogens with zero attached hydrogens (tertiary/aromatic N) is 3. The second-order valence-electron chi connectivity index (χ2n) is 7.61. The number of aryl methyl sites for hydroxylation is 1. The molecule has 1 aromatic heterocycles. The van der Waals surface area contributed by atoms with Gasteiger partial charge in [0.1, 0.15) is 5.82 Å². The van der Waals surface area contributed by atoms with E-state index >= 15 is 0 Å². The summed E-state index contributed by atoms with van der Waals surface area (Å²) in [7, 11) is 0. The van der Waals surface area contributed by atoms with Gasteiger partial charge in [0.15, 0.2) is 0 Å². The third kappa shape index (κ3) is 4.07. The Bertz CT molecular complexity index is 781. The number of pyridine rings is 1. The number of fused-ring (bicyclic) bond motifs is 1. The number of anilines is 2. The molecular formula is C22H28N4O. The van der Waals surface area contributed by atoms with Gasteiger partial charge in [0.25, 0.3) is 0 Å². The van der Waals surface area contributed by atoms with Crippen LogP contribution in [0.15, 0.2) is 42.6 Å². The molecule has 1 aromatic carbocycles. The SMILES string of the molecule is Cc1ccc(N2CCC(C(=O)NCCN3CCc4ccccc43)CC2)nc1. The highest BCUT2D eigenvalue weighted by Crippen LogP contribution is 2.27. The fourth-order valence-electron chi connectivity index (χ4n) is 4.12. The fraction of sp³-hybridized carbons (Fsp3) is 0.455. The molecule has 0 bridgehead atoms. The number of hydrogen-bond donors (Lipinski definition) is 1. The van der Waals surface area contributed by atoms with Crippen LogP contribution in [0.3, 0.4) is 0 Å². The van der Waals surface area contributed by atoms with Gasteiger partial charge in [-0.1, -0.05) is 24.3 Å². The van der Waals surface area contributed by atoms with E-state index in [2.05, 4.69) is 56.5 Å². The number of piperidine rings is 1. The Kier molecular flexibility index (Phi) is 5.28. The van der Waals surface area contributed by atoms with E-state index < -0.39 is 0 Å². The first-order valence-electron chi connectivity index (χ1n) is 9.99. The third-order valence-corrected chi connectivity index (χ3v) is 5.75. The van der Waals surface area contributed by atoms with E-state index in [0.29, 0.717) is 6.54 Å². The normalized spacial score (nSPS) is 17.1. The molecule has 1 fully saturated rings. The van der Waals surface area contributed by atoms with Crippen molar-refractivity contribution < 1.29 is 4.79 Å². The molecule has 2 aliphatic heterocycles. The van der Waals surface area contributed by atoms with Crippen LogP contribution in [0.5, 0.6) is 0 Å². The molecule has 0 radical (unpaired) electrons. The van der Waals surface area contributed by atoms with Crippen molar-refractivity contribution in [1.82, 2.24) is 10.3 Å². The molecule has 0 spiro atoms. The number of amides is 1. The maximum Gasteiger partial charge on any atom is 0.223 e. The van der Waals surface area contributed by atoms with Gasteiger partial charge >= 0.3 is 0 Å². The molecule has 142 valence electrons. The number of aromatic nitrogens is 1. The van der Waals surface area contributed by atoms with Crippen molar-refractivity contribution in [1.29, 1.82) is 0 Å². The van der Waals surface area contributed by atoms with Crippen molar-refractivity contribution in [3.8, 4) is 0 Å². The first-order valence-corrected chi connectivity index (χ1v) is 9.99. The molecule has 1 N–H and O–H groups in total. The lowest BCUT2D eigenvalue weighted by Gasteiger charge is -2.32. The molecule has 4 rings (SSSR count). The molecule has 1 amide bonds. The molecule has 1 saturated heterocycles. The average Bonchev–Trinajstić information content (AvgIpc) is 3.12. The minimum absolute atomic E-state index is 0.123. The van der Waals surface area contributed by atoms with Gasteiger partial charge in [0.05, 0.1) is 0 Å². The van der Waals surface area contributed by atoms with Gasteiger partial charge in [-0.25, -0.2) is 4.98 Å². The summed E-state index contributed by atoms with van der Waals surface area (Å²) in [6, 6.07) is 12.7. The molecular weight excluding hydrogens is 336 g/mol. The highest BCUT2D eigenvalue weighted by molar-refractivity contribution is 5.79. The summed E-state index contributed by atoms with van der Waals surface area (Å²) in [5.74, 6) is 1.35. The molecule has 5 heteroatoms. The molecule has 5 nitrogen and oxygen atoms in total. The molecule has 2 aliphatic rings. The molecule has 0 saturated carbocycles. The van der Waals surface area contributed by atoms with E-state index in [9.17, 15) is 4.79 Å². The van der Waals surface area contributed by atoms with Crippen LogP contribution in [0.4, 0.5) is 11.5 Å². The van der Waals surface area contributed by atoms with Crippen molar-refractivity contribution in [2.24, 2.45) is 5.92 Å². The van der Waals surface area contributed by atoms with Gasteiger partial charge in [-0.3, -0.25) is 4.79 Å².